The van der Waals surface area contributed by atoms with E-state index < -0.39 is 5.91 Å². The molecule has 1 saturated heterocycles. The van der Waals surface area contributed by atoms with Gasteiger partial charge in [0.25, 0.3) is 11.1 Å². The van der Waals surface area contributed by atoms with Gasteiger partial charge in [0.2, 0.25) is 0 Å². The Balaban J connectivity index is 1.47. The number of halogens is 4. The van der Waals surface area contributed by atoms with Crippen LogP contribution in [-0.2, 0) is 17.1 Å². The number of thiazole rings is 1. The van der Waals surface area contributed by atoms with Crippen molar-refractivity contribution in [1.29, 1.82) is 0 Å². The molecule has 11 heteroatoms. The van der Waals surface area contributed by atoms with E-state index in [0.29, 0.717) is 41.3 Å². The van der Waals surface area contributed by atoms with Crippen molar-refractivity contribution in [2.45, 2.75) is 16.6 Å². The largest absolute Gasteiger partial charge is 0.293 e. The number of carbonyl (C=O) groups is 2. The van der Waals surface area contributed by atoms with E-state index in [1.807, 2.05) is 24.3 Å². The van der Waals surface area contributed by atoms with Gasteiger partial charge < -0.3 is 0 Å². The summed E-state index contributed by atoms with van der Waals surface area (Å²) in [5.41, 5.74) is 1.74. The van der Waals surface area contributed by atoms with Crippen LogP contribution in [0.25, 0.3) is 6.08 Å². The molecule has 4 nitrogen and oxygen atoms in total. The fourth-order valence-electron chi connectivity index (χ4n) is 2.75. The fraction of sp³-hybridized carbons (Fsp3) is 0.0952. The molecular weight excluding hydrogens is 550 g/mol. The van der Waals surface area contributed by atoms with Gasteiger partial charge in [0.15, 0.2) is 4.34 Å². The van der Waals surface area contributed by atoms with Crippen molar-refractivity contribution in [2.75, 3.05) is 0 Å². The number of benzene rings is 2. The van der Waals surface area contributed by atoms with Crippen LogP contribution in [-0.4, -0.2) is 21.0 Å². The van der Waals surface area contributed by atoms with E-state index in [1.54, 1.807) is 24.3 Å². The Kier molecular flexibility index (Phi) is 7.77. The lowest BCUT2D eigenvalue weighted by Crippen LogP contribution is -2.27. The zero-order valence-electron chi connectivity index (χ0n) is 16.0. The number of thioether (sulfide) groups is 2. The van der Waals surface area contributed by atoms with Gasteiger partial charge in [-0.25, -0.2) is 4.98 Å². The number of nitrogens with zero attached hydrogens (tertiary/aromatic N) is 2. The highest BCUT2D eigenvalue weighted by atomic mass is 35.5. The third kappa shape index (κ3) is 5.65. The molecule has 0 aliphatic carbocycles. The summed E-state index contributed by atoms with van der Waals surface area (Å²) < 4.78 is 0.767. The molecule has 1 fully saturated rings. The molecule has 0 saturated carbocycles. The maximum atomic E-state index is 12.8. The highest BCUT2D eigenvalue weighted by molar-refractivity contribution is 8.18. The maximum absolute atomic E-state index is 12.8. The van der Waals surface area contributed by atoms with Crippen LogP contribution >= 0.6 is 81.3 Å². The monoisotopic (exact) mass is 560 g/mol. The second-order valence-corrected chi connectivity index (χ2v) is 11.4. The number of imide groups is 1. The molecule has 164 valence electrons. The topological polar surface area (TPSA) is 50.3 Å². The molecule has 2 aromatic carbocycles. The van der Waals surface area contributed by atoms with Gasteiger partial charge in [0.1, 0.15) is 5.15 Å². The Morgan fingerprint density at radius 1 is 1.00 bits per heavy atom. The average Bonchev–Trinajstić information content (AvgIpc) is 3.23. The molecule has 1 aromatic heterocycles. The Morgan fingerprint density at radius 3 is 2.44 bits per heavy atom. The Bertz CT molecular complexity index is 1230. The summed E-state index contributed by atoms with van der Waals surface area (Å²) in [6.45, 7) is 0.0661. The first-order valence-corrected chi connectivity index (χ1v) is 13.2. The minimum absolute atomic E-state index is 0.0661. The number of hydrogen-bond donors (Lipinski definition) is 0. The number of carbonyl (C=O) groups excluding carboxylic acids is 2. The molecule has 0 N–H and O–H groups in total. The SMILES string of the molecule is O=C1S/C(=C\c2sc(SCc3ccc(Cl)cc3)nc2Cl)C(=O)N1Cc1ccc(Cl)cc1Cl. The first-order valence-electron chi connectivity index (χ1n) is 9.03. The standard InChI is InChI=1S/C21H12Cl4N2O2S3/c22-13-4-1-11(2-5-13)10-30-20-26-18(25)16(31-20)8-17-19(28)27(21(29)32-17)9-12-3-6-14(23)7-15(12)24/h1-8H,9-10H2/b17-8-. The first kappa shape index (κ1) is 24.0. The second kappa shape index (κ2) is 10.4. The van der Waals surface area contributed by atoms with Crippen molar-refractivity contribution >= 4 is 98.5 Å². The maximum Gasteiger partial charge on any atom is 0.293 e. The van der Waals surface area contributed by atoms with Crippen molar-refractivity contribution in [1.82, 2.24) is 9.88 Å². The Labute approximate surface area is 216 Å². The number of amides is 2. The third-order valence-electron chi connectivity index (χ3n) is 4.34. The molecule has 0 atom stereocenters. The molecule has 4 rings (SSSR count). The summed E-state index contributed by atoms with van der Waals surface area (Å²) in [6, 6.07) is 12.5. The molecule has 1 aliphatic heterocycles. The molecule has 2 heterocycles. The third-order valence-corrected chi connectivity index (χ3v) is 8.71. The van der Waals surface area contributed by atoms with E-state index >= 15 is 0 Å². The highest BCUT2D eigenvalue weighted by Gasteiger charge is 2.35. The van der Waals surface area contributed by atoms with Crippen molar-refractivity contribution in [2.24, 2.45) is 0 Å². The highest BCUT2D eigenvalue weighted by Crippen LogP contribution is 2.38. The van der Waals surface area contributed by atoms with Gasteiger partial charge in [0, 0.05) is 20.8 Å². The smallest absolute Gasteiger partial charge is 0.268 e. The zero-order chi connectivity index (χ0) is 22.8. The Morgan fingerprint density at radius 2 is 1.72 bits per heavy atom. The van der Waals surface area contributed by atoms with Crippen LogP contribution in [0.15, 0.2) is 51.7 Å². The van der Waals surface area contributed by atoms with E-state index in [0.717, 1.165) is 26.6 Å². The molecular formula is C21H12Cl4N2O2S3. The van der Waals surface area contributed by atoms with Crippen molar-refractivity contribution in [3.8, 4) is 0 Å². The van der Waals surface area contributed by atoms with Crippen LogP contribution < -0.4 is 0 Å². The molecule has 3 aromatic rings. The lowest BCUT2D eigenvalue weighted by atomic mass is 10.2. The summed E-state index contributed by atoms with van der Waals surface area (Å²) >= 11 is 28.1. The van der Waals surface area contributed by atoms with Gasteiger partial charge in [-0.05, 0) is 53.2 Å². The van der Waals surface area contributed by atoms with E-state index in [1.165, 1.54) is 23.1 Å². The summed E-state index contributed by atoms with van der Waals surface area (Å²) in [4.78, 5) is 31.7. The lowest BCUT2D eigenvalue weighted by molar-refractivity contribution is -0.123. The molecule has 0 spiro atoms. The van der Waals surface area contributed by atoms with Gasteiger partial charge >= 0.3 is 0 Å². The second-order valence-electron chi connectivity index (χ2n) is 6.55. The number of rotatable bonds is 6. The van der Waals surface area contributed by atoms with Crippen molar-refractivity contribution < 1.29 is 9.59 Å². The summed E-state index contributed by atoms with van der Waals surface area (Å²) in [5, 5.41) is 1.49. The van der Waals surface area contributed by atoms with E-state index in [4.69, 9.17) is 46.4 Å². The number of hydrogen-bond acceptors (Lipinski definition) is 6. The van der Waals surface area contributed by atoms with Gasteiger partial charge in [-0.15, -0.1) is 11.3 Å². The summed E-state index contributed by atoms with van der Waals surface area (Å²) in [6.07, 6.45) is 1.61. The van der Waals surface area contributed by atoms with Gasteiger partial charge in [0.05, 0.1) is 16.3 Å². The van der Waals surface area contributed by atoms with E-state index in [9.17, 15) is 9.59 Å². The predicted molar refractivity (Wildman–Crippen MR) is 136 cm³/mol. The minimum Gasteiger partial charge on any atom is -0.268 e. The van der Waals surface area contributed by atoms with Crippen molar-refractivity contribution in [3.05, 3.63) is 83.6 Å². The van der Waals surface area contributed by atoms with Crippen LogP contribution in [0.4, 0.5) is 4.79 Å². The predicted octanol–water partition coefficient (Wildman–Crippen LogP) is 8.29. The minimum atomic E-state index is -0.397. The summed E-state index contributed by atoms with van der Waals surface area (Å²) in [7, 11) is 0. The van der Waals surface area contributed by atoms with Crippen LogP contribution in [0.1, 0.15) is 16.0 Å². The van der Waals surface area contributed by atoms with Gasteiger partial charge in [-0.2, -0.15) is 0 Å². The van der Waals surface area contributed by atoms with Crippen LogP contribution in [0.5, 0.6) is 0 Å². The fourth-order valence-corrected chi connectivity index (χ4v) is 6.54. The van der Waals surface area contributed by atoms with Crippen molar-refractivity contribution in [3.63, 3.8) is 0 Å². The van der Waals surface area contributed by atoms with Gasteiger partial charge in [-0.3, -0.25) is 14.5 Å². The normalized spacial score (nSPS) is 15.2. The zero-order valence-corrected chi connectivity index (χ0v) is 21.5. The van der Waals surface area contributed by atoms with Gasteiger partial charge in [-0.1, -0.05) is 76.4 Å². The lowest BCUT2D eigenvalue weighted by Gasteiger charge is -2.13. The molecule has 0 radical (unpaired) electrons. The first-order chi connectivity index (χ1) is 15.3. The van der Waals surface area contributed by atoms with Crippen LogP contribution in [0.2, 0.25) is 20.2 Å². The summed E-state index contributed by atoms with van der Waals surface area (Å²) in [5.74, 6) is 0.310. The molecule has 0 unspecified atom stereocenters. The number of aromatic nitrogens is 1. The molecule has 0 bridgehead atoms. The van der Waals surface area contributed by atoms with E-state index in [2.05, 4.69) is 4.98 Å². The quantitative estimate of drug-likeness (QED) is 0.224. The molecule has 2 amide bonds. The molecule has 32 heavy (non-hydrogen) atoms. The Hall–Kier alpha value is -1.19. The molecule has 1 aliphatic rings. The van der Waals surface area contributed by atoms with E-state index in [-0.39, 0.29) is 11.8 Å². The van der Waals surface area contributed by atoms with Crippen LogP contribution in [0, 0.1) is 0 Å². The van der Waals surface area contributed by atoms with Crippen LogP contribution in [0.3, 0.4) is 0 Å². The average molecular weight is 562 g/mol.